The van der Waals surface area contributed by atoms with Crippen LogP contribution in [0.3, 0.4) is 0 Å². The molecule has 1 aliphatic heterocycles. The van der Waals surface area contributed by atoms with Crippen molar-refractivity contribution in [3.63, 3.8) is 0 Å². The van der Waals surface area contributed by atoms with E-state index < -0.39 is 18.0 Å². The zero-order chi connectivity index (χ0) is 14.6. The highest BCUT2D eigenvalue weighted by atomic mass is 19.3. The van der Waals surface area contributed by atoms with Crippen molar-refractivity contribution in [2.24, 2.45) is 5.92 Å². The van der Waals surface area contributed by atoms with E-state index in [1.807, 2.05) is 30.3 Å². The summed E-state index contributed by atoms with van der Waals surface area (Å²) < 4.78 is 41.6. The van der Waals surface area contributed by atoms with Gasteiger partial charge in [-0.2, -0.15) is 5.10 Å². The minimum Gasteiger partial charge on any atom is -0.239 e. The van der Waals surface area contributed by atoms with Gasteiger partial charge in [-0.05, 0) is 5.56 Å². The summed E-state index contributed by atoms with van der Waals surface area (Å²) in [4.78, 5) is 4.14. The van der Waals surface area contributed by atoms with Crippen molar-refractivity contribution >= 4 is 0 Å². The summed E-state index contributed by atoms with van der Waals surface area (Å²) in [6, 6.07) is 9.32. The zero-order valence-corrected chi connectivity index (χ0v) is 11.2. The third kappa shape index (κ3) is 2.13. The van der Waals surface area contributed by atoms with E-state index in [4.69, 9.17) is 0 Å². The first-order chi connectivity index (χ1) is 10.0. The Morgan fingerprint density at radius 3 is 2.62 bits per heavy atom. The minimum absolute atomic E-state index is 0.113. The number of nitrogens with zero attached hydrogens (tertiary/aromatic N) is 3. The Morgan fingerprint density at radius 1 is 1.24 bits per heavy atom. The molecule has 0 saturated heterocycles. The maximum absolute atomic E-state index is 14.1. The Labute approximate surface area is 119 Å². The van der Waals surface area contributed by atoms with Crippen molar-refractivity contribution in [2.45, 2.75) is 37.4 Å². The van der Waals surface area contributed by atoms with Crippen LogP contribution in [0.1, 0.15) is 42.3 Å². The smallest absolute Gasteiger partial charge is 0.239 e. The molecule has 1 saturated carbocycles. The summed E-state index contributed by atoms with van der Waals surface area (Å²) in [5.74, 6) is -2.68. The highest BCUT2D eigenvalue weighted by molar-refractivity contribution is 5.23. The van der Waals surface area contributed by atoms with E-state index in [9.17, 15) is 13.2 Å². The van der Waals surface area contributed by atoms with Crippen molar-refractivity contribution in [3.05, 3.63) is 47.5 Å². The van der Waals surface area contributed by atoms with Gasteiger partial charge in [0.1, 0.15) is 0 Å². The molecule has 3 unspecified atom stereocenters. The van der Waals surface area contributed by atoms with Gasteiger partial charge >= 0.3 is 0 Å². The van der Waals surface area contributed by atoms with Gasteiger partial charge in [0.25, 0.3) is 5.92 Å². The Balaban J connectivity index is 1.62. The van der Waals surface area contributed by atoms with Crippen LogP contribution in [0.15, 0.2) is 30.3 Å². The lowest BCUT2D eigenvalue weighted by molar-refractivity contribution is 0.0984. The molecule has 1 aromatic heterocycles. The monoisotopic (exact) mass is 293 g/mol. The van der Waals surface area contributed by atoms with Crippen LogP contribution in [0, 0.1) is 5.92 Å². The molecule has 1 aliphatic carbocycles. The van der Waals surface area contributed by atoms with E-state index in [1.165, 1.54) is 0 Å². The number of halogens is 3. The first kappa shape index (κ1) is 12.9. The van der Waals surface area contributed by atoms with Crippen molar-refractivity contribution in [1.29, 1.82) is 0 Å². The number of hydrogen-bond donors (Lipinski definition) is 0. The summed E-state index contributed by atoms with van der Waals surface area (Å²) in [6.07, 6.45) is -0.866. The van der Waals surface area contributed by atoms with E-state index in [1.54, 1.807) is 4.68 Å². The van der Waals surface area contributed by atoms with Crippen LogP contribution in [0.4, 0.5) is 13.2 Å². The molecule has 3 atom stereocenters. The van der Waals surface area contributed by atoms with Crippen LogP contribution in [-0.2, 0) is 6.42 Å². The normalized spacial score (nSPS) is 29.4. The fourth-order valence-electron chi connectivity index (χ4n) is 2.98. The Morgan fingerprint density at radius 2 is 1.95 bits per heavy atom. The topological polar surface area (TPSA) is 30.7 Å². The van der Waals surface area contributed by atoms with Crippen LogP contribution >= 0.6 is 0 Å². The first-order valence-corrected chi connectivity index (χ1v) is 7.07. The van der Waals surface area contributed by atoms with Crippen LogP contribution in [0.5, 0.6) is 0 Å². The lowest BCUT2D eigenvalue weighted by Gasteiger charge is -2.11. The molecule has 1 aromatic carbocycles. The number of aromatic nitrogens is 3. The average Bonchev–Trinajstić information content (AvgIpc) is 2.80. The highest BCUT2D eigenvalue weighted by Gasteiger charge is 2.57. The van der Waals surface area contributed by atoms with Gasteiger partial charge in [-0.1, -0.05) is 30.3 Å². The van der Waals surface area contributed by atoms with Gasteiger partial charge in [-0.25, -0.2) is 22.8 Å². The number of rotatable bonds is 3. The van der Waals surface area contributed by atoms with Crippen LogP contribution in [0.2, 0.25) is 0 Å². The predicted molar refractivity (Wildman–Crippen MR) is 69.8 cm³/mol. The second-order valence-electron chi connectivity index (χ2n) is 5.83. The molecule has 110 valence electrons. The molecular weight excluding hydrogens is 279 g/mol. The molecule has 0 radical (unpaired) electrons. The molecule has 2 heterocycles. The summed E-state index contributed by atoms with van der Waals surface area (Å²) >= 11 is 0. The summed E-state index contributed by atoms with van der Waals surface area (Å²) in [7, 11) is 0. The Kier molecular flexibility index (Phi) is 2.65. The third-order valence-electron chi connectivity index (χ3n) is 4.28. The number of hydrogen-bond acceptors (Lipinski definition) is 2. The van der Waals surface area contributed by atoms with Crippen LogP contribution < -0.4 is 0 Å². The third-order valence-corrected chi connectivity index (χ3v) is 4.28. The fraction of sp³-hybridized carbons (Fsp3) is 0.467. The predicted octanol–water partition coefficient (Wildman–Crippen LogP) is 3.48. The molecule has 0 N–H and O–H groups in total. The van der Waals surface area contributed by atoms with Gasteiger partial charge in [-0.15, -0.1) is 0 Å². The SMILES string of the molecule is FC1CC(c2ccccc2)n2nc(CC3CC3(F)F)nc21. The molecule has 0 amide bonds. The van der Waals surface area contributed by atoms with Crippen LogP contribution in [0.25, 0.3) is 0 Å². The maximum Gasteiger partial charge on any atom is 0.252 e. The molecule has 1 fully saturated rings. The Bertz CT molecular complexity index is 668. The lowest BCUT2D eigenvalue weighted by atomic mass is 10.0. The van der Waals surface area contributed by atoms with Gasteiger partial charge < -0.3 is 0 Å². The van der Waals surface area contributed by atoms with Crippen molar-refractivity contribution in [3.8, 4) is 0 Å². The molecule has 0 spiro atoms. The van der Waals surface area contributed by atoms with Crippen LogP contribution in [-0.4, -0.2) is 20.7 Å². The zero-order valence-electron chi connectivity index (χ0n) is 11.2. The molecular formula is C15H14F3N3. The van der Waals surface area contributed by atoms with Gasteiger partial charge in [-0.3, -0.25) is 0 Å². The molecule has 2 aliphatic rings. The molecule has 3 nitrogen and oxygen atoms in total. The Hall–Kier alpha value is -1.85. The second-order valence-corrected chi connectivity index (χ2v) is 5.83. The molecule has 0 bridgehead atoms. The van der Waals surface area contributed by atoms with E-state index in [2.05, 4.69) is 10.1 Å². The van der Waals surface area contributed by atoms with E-state index in [-0.39, 0.29) is 24.7 Å². The number of fused-ring (bicyclic) bond motifs is 1. The quantitative estimate of drug-likeness (QED) is 0.867. The van der Waals surface area contributed by atoms with Crippen molar-refractivity contribution in [1.82, 2.24) is 14.8 Å². The molecule has 2 aromatic rings. The van der Waals surface area contributed by atoms with E-state index in [0.717, 1.165) is 5.56 Å². The van der Waals surface area contributed by atoms with Gasteiger partial charge in [0.05, 0.1) is 6.04 Å². The standard InChI is InChI=1S/C15H14F3N3/c16-11-7-12(9-4-2-1-3-5-9)21-14(11)19-13(20-21)6-10-8-15(10,17)18/h1-5,10-12H,6-8H2. The average molecular weight is 293 g/mol. The maximum atomic E-state index is 14.1. The summed E-state index contributed by atoms with van der Waals surface area (Å²) in [5, 5.41) is 4.28. The molecule has 6 heteroatoms. The highest BCUT2D eigenvalue weighted by Crippen LogP contribution is 2.50. The minimum atomic E-state index is -2.59. The molecule has 4 rings (SSSR count). The van der Waals surface area contributed by atoms with E-state index in [0.29, 0.717) is 12.2 Å². The second kappa shape index (κ2) is 4.32. The molecule has 21 heavy (non-hydrogen) atoms. The summed E-state index contributed by atoms with van der Waals surface area (Å²) in [5.41, 5.74) is 0.965. The van der Waals surface area contributed by atoms with Gasteiger partial charge in [0.15, 0.2) is 17.8 Å². The van der Waals surface area contributed by atoms with Crippen molar-refractivity contribution < 1.29 is 13.2 Å². The van der Waals surface area contributed by atoms with E-state index >= 15 is 0 Å². The summed E-state index contributed by atoms with van der Waals surface area (Å²) in [6.45, 7) is 0. The van der Waals surface area contributed by atoms with Gasteiger partial charge in [0, 0.05) is 25.2 Å². The van der Waals surface area contributed by atoms with Gasteiger partial charge in [0.2, 0.25) is 0 Å². The van der Waals surface area contributed by atoms with Crippen molar-refractivity contribution in [2.75, 3.05) is 0 Å². The largest absolute Gasteiger partial charge is 0.252 e. The fourth-order valence-corrected chi connectivity index (χ4v) is 2.98. The number of benzene rings is 1. The first-order valence-electron chi connectivity index (χ1n) is 7.07. The number of alkyl halides is 3. The lowest BCUT2D eigenvalue weighted by Crippen LogP contribution is -2.08.